The van der Waals surface area contributed by atoms with Gasteiger partial charge in [-0.25, -0.2) is 0 Å². The SMILES string of the molecule is CCC(=C/[C@@H](C)CO[Si](C)(C)C(C)(C)C)/C=C/C#C[Si](C)(C)C. The first-order valence-corrected chi connectivity index (χ1v) is 15.2. The molecule has 0 aromatic heterocycles. The van der Waals surface area contributed by atoms with E-state index < -0.39 is 16.4 Å². The van der Waals surface area contributed by atoms with Gasteiger partial charge in [0.15, 0.2) is 8.32 Å². The Morgan fingerprint density at radius 2 is 1.70 bits per heavy atom. The topological polar surface area (TPSA) is 9.23 Å². The molecule has 0 fully saturated rings. The number of allylic oxidation sites excluding steroid dienone is 3. The van der Waals surface area contributed by atoms with Crippen LogP contribution in [0.4, 0.5) is 0 Å². The second-order valence-electron chi connectivity index (χ2n) is 9.00. The highest BCUT2D eigenvalue weighted by atomic mass is 28.4. The highest BCUT2D eigenvalue weighted by molar-refractivity contribution is 6.83. The van der Waals surface area contributed by atoms with Crippen LogP contribution in [0, 0.1) is 17.4 Å². The summed E-state index contributed by atoms with van der Waals surface area (Å²) in [4.78, 5) is 0. The Morgan fingerprint density at radius 1 is 1.13 bits per heavy atom. The van der Waals surface area contributed by atoms with Gasteiger partial charge in [0.05, 0.1) is 0 Å². The molecule has 0 N–H and O–H groups in total. The van der Waals surface area contributed by atoms with E-state index in [4.69, 9.17) is 4.43 Å². The molecule has 0 aliphatic carbocycles. The summed E-state index contributed by atoms with van der Waals surface area (Å²) in [5.74, 6) is 3.64. The molecule has 132 valence electrons. The van der Waals surface area contributed by atoms with Crippen LogP contribution in [0.1, 0.15) is 41.0 Å². The molecule has 3 heteroatoms. The Morgan fingerprint density at radius 3 is 2.13 bits per heavy atom. The van der Waals surface area contributed by atoms with Crippen LogP contribution in [0.5, 0.6) is 0 Å². The Bertz CT molecular complexity index is 476. The van der Waals surface area contributed by atoms with Crippen LogP contribution in [-0.4, -0.2) is 23.0 Å². The van der Waals surface area contributed by atoms with Crippen molar-refractivity contribution in [2.24, 2.45) is 5.92 Å². The largest absolute Gasteiger partial charge is 0.416 e. The summed E-state index contributed by atoms with van der Waals surface area (Å²) in [7, 11) is -2.92. The van der Waals surface area contributed by atoms with Crippen molar-refractivity contribution in [2.45, 2.75) is 78.8 Å². The van der Waals surface area contributed by atoms with Crippen LogP contribution in [0.25, 0.3) is 0 Å². The van der Waals surface area contributed by atoms with Gasteiger partial charge < -0.3 is 4.43 Å². The minimum Gasteiger partial charge on any atom is -0.416 e. The zero-order valence-corrected chi connectivity index (χ0v) is 19.1. The molecular weight excluding hydrogens is 312 g/mol. The molecule has 0 saturated heterocycles. The van der Waals surface area contributed by atoms with E-state index in [-0.39, 0.29) is 5.04 Å². The van der Waals surface area contributed by atoms with Crippen molar-refractivity contribution in [3.05, 3.63) is 23.8 Å². The molecule has 0 aromatic rings. The zero-order valence-electron chi connectivity index (χ0n) is 17.1. The van der Waals surface area contributed by atoms with Crippen molar-refractivity contribution < 1.29 is 4.43 Å². The summed E-state index contributed by atoms with van der Waals surface area (Å²) >= 11 is 0. The van der Waals surface area contributed by atoms with Gasteiger partial charge in [0.1, 0.15) is 8.07 Å². The van der Waals surface area contributed by atoms with E-state index in [0.717, 1.165) is 13.0 Å². The Balaban J connectivity index is 4.73. The fourth-order valence-corrected chi connectivity index (χ4v) is 3.30. The van der Waals surface area contributed by atoms with Gasteiger partial charge in [-0.05, 0) is 36.5 Å². The summed E-state index contributed by atoms with van der Waals surface area (Å²) < 4.78 is 6.32. The summed E-state index contributed by atoms with van der Waals surface area (Å²) in [6, 6.07) is 0. The van der Waals surface area contributed by atoms with E-state index >= 15 is 0 Å². The maximum absolute atomic E-state index is 6.32. The lowest BCUT2D eigenvalue weighted by Crippen LogP contribution is -2.41. The molecule has 0 bridgehead atoms. The van der Waals surface area contributed by atoms with Crippen molar-refractivity contribution in [3.8, 4) is 11.5 Å². The summed E-state index contributed by atoms with van der Waals surface area (Å²) in [5, 5.41) is 0.274. The van der Waals surface area contributed by atoms with Crippen LogP contribution in [0.15, 0.2) is 23.8 Å². The van der Waals surface area contributed by atoms with Gasteiger partial charge in [0.2, 0.25) is 0 Å². The summed E-state index contributed by atoms with van der Waals surface area (Å²) in [5.41, 5.74) is 4.72. The maximum Gasteiger partial charge on any atom is 0.192 e. The molecule has 0 rings (SSSR count). The molecule has 0 heterocycles. The van der Waals surface area contributed by atoms with Crippen LogP contribution < -0.4 is 0 Å². The third-order valence-electron chi connectivity index (χ3n) is 4.25. The van der Waals surface area contributed by atoms with Crippen LogP contribution in [0.3, 0.4) is 0 Å². The fraction of sp³-hybridized carbons (Fsp3) is 0.700. The minimum atomic E-state index is -1.65. The maximum atomic E-state index is 6.32. The summed E-state index contributed by atoms with van der Waals surface area (Å²) in [6.45, 7) is 23.6. The predicted octanol–water partition coefficient (Wildman–Crippen LogP) is 6.42. The first-order chi connectivity index (χ1) is 10.3. The molecule has 0 spiro atoms. The van der Waals surface area contributed by atoms with Crippen molar-refractivity contribution in [1.29, 1.82) is 0 Å². The van der Waals surface area contributed by atoms with Gasteiger partial charge in [0.25, 0.3) is 0 Å². The molecule has 0 radical (unpaired) electrons. The normalized spacial score (nSPS) is 15.5. The van der Waals surface area contributed by atoms with Crippen molar-refractivity contribution in [1.82, 2.24) is 0 Å². The summed E-state index contributed by atoms with van der Waals surface area (Å²) in [6.07, 6.45) is 7.54. The van der Waals surface area contributed by atoms with E-state index in [9.17, 15) is 0 Å². The lowest BCUT2D eigenvalue weighted by molar-refractivity contribution is 0.259. The molecule has 1 nitrogen and oxygen atoms in total. The van der Waals surface area contributed by atoms with Crippen LogP contribution >= 0.6 is 0 Å². The van der Waals surface area contributed by atoms with Crippen molar-refractivity contribution in [3.63, 3.8) is 0 Å². The highest BCUT2D eigenvalue weighted by Gasteiger charge is 2.37. The minimum absolute atomic E-state index is 0.274. The second kappa shape index (κ2) is 9.06. The highest BCUT2D eigenvalue weighted by Crippen LogP contribution is 2.36. The van der Waals surface area contributed by atoms with E-state index in [1.54, 1.807) is 0 Å². The van der Waals surface area contributed by atoms with Crippen LogP contribution in [0.2, 0.25) is 37.8 Å². The van der Waals surface area contributed by atoms with Crippen molar-refractivity contribution in [2.75, 3.05) is 6.61 Å². The zero-order chi connectivity index (χ0) is 18.3. The number of hydrogen-bond donors (Lipinski definition) is 0. The monoisotopic (exact) mass is 350 g/mol. The molecule has 0 amide bonds. The lowest BCUT2D eigenvalue weighted by Gasteiger charge is -2.36. The molecule has 0 aliphatic heterocycles. The predicted molar refractivity (Wildman–Crippen MR) is 111 cm³/mol. The third kappa shape index (κ3) is 10.0. The molecule has 0 unspecified atom stereocenters. The Kier molecular flexibility index (Phi) is 8.83. The van der Waals surface area contributed by atoms with Gasteiger partial charge in [-0.15, -0.1) is 5.54 Å². The van der Waals surface area contributed by atoms with E-state index in [1.165, 1.54) is 5.57 Å². The van der Waals surface area contributed by atoms with E-state index in [1.807, 2.05) is 6.08 Å². The first-order valence-electron chi connectivity index (χ1n) is 8.82. The average Bonchev–Trinajstić information content (AvgIpc) is 2.37. The third-order valence-corrected chi connectivity index (χ3v) is 9.64. The molecule has 0 saturated carbocycles. The standard InChI is InChI=1S/C20H38OSi2/c1-11-19(14-12-13-15-22(6,7)8)16-18(2)17-21-23(9,10)20(3,4)5/h12,14,16,18H,11,17H2,1-10H3/b14-12+,19-16-/t18-/m1/s1. The average molecular weight is 351 g/mol. The second-order valence-corrected chi connectivity index (χ2v) is 18.6. The van der Waals surface area contributed by atoms with Gasteiger partial charge in [-0.1, -0.05) is 77.9 Å². The molecule has 0 aromatic carbocycles. The molecule has 1 atom stereocenters. The van der Waals surface area contributed by atoms with E-state index in [0.29, 0.717) is 5.92 Å². The smallest absolute Gasteiger partial charge is 0.192 e. The van der Waals surface area contributed by atoms with Crippen LogP contribution in [-0.2, 0) is 4.43 Å². The van der Waals surface area contributed by atoms with E-state index in [2.05, 4.69) is 91.0 Å². The fourth-order valence-electron chi connectivity index (χ4n) is 1.67. The Labute approximate surface area is 147 Å². The van der Waals surface area contributed by atoms with Gasteiger partial charge >= 0.3 is 0 Å². The molecule has 23 heavy (non-hydrogen) atoms. The molecule has 0 aliphatic rings. The first kappa shape index (κ1) is 22.4. The quantitative estimate of drug-likeness (QED) is 0.305. The number of hydrogen-bond acceptors (Lipinski definition) is 1. The number of rotatable bonds is 6. The van der Waals surface area contributed by atoms with Gasteiger partial charge in [0, 0.05) is 6.61 Å². The Hall–Kier alpha value is -0.566. The lowest BCUT2D eigenvalue weighted by atomic mass is 10.1. The van der Waals surface area contributed by atoms with Crippen molar-refractivity contribution >= 4 is 16.4 Å². The van der Waals surface area contributed by atoms with Gasteiger partial charge in [-0.3, -0.25) is 0 Å². The molecular formula is C20H38OSi2. The van der Waals surface area contributed by atoms with Gasteiger partial charge in [-0.2, -0.15) is 0 Å².